The van der Waals surface area contributed by atoms with Crippen molar-refractivity contribution in [2.75, 3.05) is 7.05 Å². The molecule has 16 heavy (non-hydrogen) atoms. The van der Waals surface area contributed by atoms with Gasteiger partial charge < -0.3 is 9.73 Å². The summed E-state index contributed by atoms with van der Waals surface area (Å²) < 4.78 is 18.9. The van der Waals surface area contributed by atoms with Crippen molar-refractivity contribution in [3.63, 3.8) is 0 Å². The Morgan fingerprint density at radius 1 is 1.44 bits per heavy atom. The minimum atomic E-state index is -0.202. The van der Waals surface area contributed by atoms with Crippen LogP contribution < -0.4 is 5.32 Å². The van der Waals surface area contributed by atoms with Crippen LogP contribution in [0.5, 0.6) is 0 Å². The Bertz CT molecular complexity index is 474. The van der Waals surface area contributed by atoms with Gasteiger partial charge in [0.1, 0.15) is 11.4 Å². The van der Waals surface area contributed by atoms with Gasteiger partial charge in [-0.25, -0.2) is 4.39 Å². The third-order valence-corrected chi connectivity index (χ3v) is 2.96. The van der Waals surface area contributed by atoms with E-state index in [2.05, 4.69) is 12.2 Å². The molecule has 1 atom stereocenters. The van der Waals surface area contributed by atoms with Crippen LogP contribution in [0.1, 0.15) is 18.9 Å². The van der Waals surface area contributed by atoms with E-state index in [1.54, 1.807) is 12.1 Å². The second kappa shape index (κ2) is 4.66. The maximum absolute atomic E-state index is 13.7. The molecular formula is C13H16FNO. The maximum atomic E-state index is 13.7. The number of halogens is 1. The van der Waals surface area contributed by atoms with Crippen LogP contribution in [0.3, 0.4) is 0 Å². The van der Waals surface area contributed by atoms with E-state index >= 15 is 0 Å². The van der Waals surface area contributed by atoms with Crippen LogP contribution >= 0.6 is 0 Å². The number of fused-ring (bicyclic) bond motifs is 1. The highest BCUT2D eigenvalue weighted by atomic mass is 19.1. The highest BCUT2D eigenvalue weighted by molar-refractivity contribution is 5.78. The van der Waals surface area contributed by atoms with E-state index in [0.29, 0.717) is 17.0 Å². The summed E-state index contributed by atoms with van der Waals surface area (Å²) >= 11 is 0. The third kappa shape index (κ3) is 2.09. The Morgan fingerprint density at radius 2 is 2.25 bits per heavy atom. The summed E-state index contributed by atoms with van der Waals surface area (Å²) in [5.41, 5.74) is 1.60. The SMILES string of the molecule is CC[C@@H](Cc1cc(F)c2ccoc2c1)NC. The number of hydrogen-bond acceptors (Lipinski definition) is 2. The molecule has 2 rings (SSSR count). The second-order valence-electron chi connectivity index (χ2n) is 4.01. The molecule has 0 saturated heterocycles. The van der Waals surface area contributed by atoms with E-state index in [9.17, 15) is 4.39 Å². The molecule has 0 aliphatic heterocycles. The molecule has 2 aromatic rings. The normalized spacial score (nSPS) is 13.2. The van der Waals surface area contributed by atoms with E-state index in [1.165, 1.54) is 6.26 Å². The molecule has 1 aromatic carbocycles. The Kier molecular flexibility index (Phi) is 3.25. The number of likely N-dealkylation sites (N-methyl/N-ethyl adjacent to an activating group) is 1. The smallest absolute Gasteiger partial charge is 0.137 e. The lowest BCUT2D eigenvalue weighted by molar-refractivity contribution is 0.540. The molecule has 0 unspecified atom stereocenters. The van der Waals surface area contributed by atoms with Crippen molar-refractivity contribution in [3.05, 3.63) is 35.8 Å². The number of hydrogen-bond donors (Lipinski definition) is 1. The van der Waals surface area contributed by atoms with Gasteiger partial charge in [0.25, 0.3) is 0 Å². The predicted molar refractivity (Wildman–Crippen MR) is 63.0 cm³/mol. The van der Waals surface area contributed by atoms with Gasteiger partial charge in [-0.3, -0.25) is 0 Å². The van der Waals surface area contributed by atoms with Crippen molar-refractivity contribution in [1.82, 2.24) is 5.32 Å². The molecule has 0 fully saturated rings. The molecule has 0 bridgehead atoms. The average molecular weight is 221 g/mol. The van der Waals surface area contributed by atoms with Crippen LogP contribution in [-0.2, 0) is 6.42 Å². The summed E-state index contributed by atoms with van der Waals surface area (Å²) in [6, 6.07) is 5.55. The summed E-state index contributed by atoms with van der Waals surface area (Å²) in [6.45, 7) is 2.11. The van der Waals surface area contributed by atoms with Crippen molar-refractivity contribution in [1.29, 1.82) is 0 Å². The molecule has 0 amide bonds. The highest BCUT2D eigenvalue weighted by Gasteiger charge is 2.09. The van der Waals surface area contributed by atoms with Crippen LogP contribution in [-0.4, -0.2) is 13.1 Å². The lowest BCUT2D eigenvalue weighted by Gasteiger charge is -2.13. The molecule has 0 saturated carbocycles. The van der Waals surface area contributed by atoms with Crippen LogP contribution in [0.15, 0.2) is 28.9 Å². The largest absolute Gasteiger partial charge is 0.464 e. The molecule has 0 aliphatic rings. The van der Waals surface area contributed by atoms with Crippen molar-refractivity contribution >= 4 is 11.0 Å². The summed E-state index contributed by atoms with van der Waals surface area (Å²) in [7, 11) is 1.93. The molecule has 0 aliphatic carbocycles. The average Bonchev–Trinajstić information content (AvgIpc) is 2.74. The van der Waals surface area contributed by atoms with Gasteiger partial charge in [0.15, 0.2) is 0 Å². The van der Waals surface area contributed by atoms with Gasteiger partial charge in [0.05, 0.1) is 11.6 Å². The van der Waals surface area contributed by atoms with Gasteiger partial charge in [-0.15, -0.1) is 0 Å². The van der Waals surface area contributed by atoms with Gasteiger partial charge in [0, 0.05) is 6.04 Å². The van der Waals surface area contributed by atoms with Gasteiger partial charge in [-0.2, -0.15) is 0 Å². The van der Waals surface area contributed by atoms with E-state index in [4.69, 9.17) is 4.42 Å². The summed E-state index contributed by atoms with van der Waals surface area (Å²) in [5, 5.41) is 3.77. The number of furan rings is 1. The first-order valence-electron chi connectivity index (χ1n) is 5.57. The number of rotatable bonds is 4. The van der Waals surface area contributed by atoms with E-state index in [1.807, 2.05) is 13.1 Å². The number of nitrogens with one attached hydrogen (secondary N) is 1. The minimum Gasteiger partial charge on any atom is -0.464 e. The molecule has 86 valence electrons. The fraction of sp³-hybridized carbons (Fsp3) is 0.385. The third-order valence-electron chi connectivity index (χ3n) is 2.96. The van der Waals surface area contributed by atoms with Crippen molar-refractivity contribution in [2.24, 2.45) is 0 Å². The Balaban J connectivity index is 2.30. The fourth-order valence-electron chi connectivity index (χ4n) is 1.93. The Hall–Kier alpha value is -1.35. The van der Waals surface area contributed by atoms with E-state index in [-0.39, 0.29) is 5.82 Å². The van der Waals surface area contributed by atoms with E-state index < -0.39 is 0 Å². The zero-order chi connectivity index (χ0) is 11.5. The first-order chi connectivity index (χ1) is 7.74. The molecular weight excluding hydrogens is 205 g/mol. The zero-order valence-corrected chi connectivity index (χ0v) is 9.59. The van der Waals surface area contributed by atoms with Crippen LogP contribution in [0, 0.1) is 5.82 Å². The van der Waals surface area contributed by atoms with Crippen molar-refractivity contribution < 1.29 is 8.81 Å². The standard InChI is InChI=1S/C13H16FNO/c1-3-10(15-2)6-9-7-12(14)11-4-5-16-13(11)8-9/h4-5,7-8,10,15H,3,6H2,1-2H3/t10-/m0/s1. The molecule has 2 nitrogen and oxygen atoms in total. The molecule has 1 heterocycles. The predicted octanol–water partition coefficient (Wildman–Crippen LogP) is 3.11. The second-order valence-corrected chi connectivity index (χ2v) is 4.01. The minimum absolute atomic E-state index is 0.202. The van der Waals surface area contributed by atoms with Gasteiger partial charge in [-0.05, 0) is 43.7 Å². The Morgan fingerprint density at radius 3 is 2.94 bits per heavy atom. The first-order valence-corrected chi connectivity index (χ1v) is 5.57. The van der Waals surface area contributed by atoms with Gasteiger partial charge in [0.2, 0.25) is 0 Å². The lowest BCUT2D eigenvalue weighted by atomic mass is 10.0. The molecule has 0 spiro atoms. The summed E-state index contributed by atoms with van der Waals surface area (Å²) in [4.78, 5) is 0. The fourth-order valence-corrected chi connectivity index (χ4v) is 1.93. The highest BCUT2D eigenvalue weighted by Crippen LogP contribution is 2.22. The van der Waals surface area contributed by atoms with Gasteiger partial charge >= 0.3 is 0 Å². The van der Waals surface area contributed by atoms with Crippen LogP contribution in [0.25, 0.3) is 11.0 Å². The van der Waals surface area contributed by atoms with Crippen LogP contribution in [0.2, 0.25) is 0 Å². The summed E-state index contributed by atoms with van der Waals surface area (Å²) in [5.74, 6) is -0.202. The zero-order valence-electron chi connectivity index (χ0n) is 9.59. The van der Waals surface area contributed by atoms with Crippen molar-refractivity contribution in [2.45, 2.75) is 25.8 Å². The molecule has 1 aromatic heterocycles. The topological polar surface area (TPSA) is 25.2 Å². The monoisotopic (exact) mass is 221 g/mol. The maximum Gasteiger partial charge on any atom is 0.137 e. The quantitative estimate of drug-likeness (QED) is 0.858. The molecule has 1 N–H and O–H groups in total. The van der Waals surface area contributed by atoms with Crippen molar-refractivity contribution in [3.8, 4) is 0 Å². The van der Waals surface area contributed by atoms with E-state index in [0.717, 1.165) is 18.4 Å². The Labute approximate surface area is 94.4 Å². The van der Waals surface area contributed by atoms with Crippen LogP contribution in [0.4, 0.5) is 4.39 Å². The number of benzene rings is 1. The van der Waals surface area contributed by atoms with Gasteiger partial charge in [-0.1, -0.05) is 6.92 Å². The first kappa shape index (κ1) is 11.1. The molecule has 3 heteroatoms. The lowest BCUT2D eigenvalue weighted by Crippen LogP contribution is -2.26. The molecule has 0 radical (unpaired) electrons. The summed E-state index contributed by atoms with van der Waals surface area (Å²) in [6.07, 6.45) is 3.36.